The van der Waals surface area contributed by atoms with Crippen molar-refractivity contribution < 1.29 is 9.53 Å². The van der Waals surface area contributed by atoms with E-state index in [1.807, 2.05) is 0 Å². The van der Waals surface area contributed by atoms with Crippen molar-refractivity contribution in [2.24, 2.45) is 5.41 Å². The van der Waals surface area contributed by atoms with Gasteiger partial charge in [-0.1, -0.05) is 32.1 Å². The number of ether oxygens (including phenoxy) is 1. The molecule has 0 saturated heterocycles. The standard InChI is InChI=1S/C15H24N2O2/c16-12-15(8-4-1-5-9-15)14(18)17-10-11-19-13-6-2-3-7-13/h13H,1-11H2,(H,17,18). The molecule has 106 valence electrons. The zero-order valence-corrected chi connectivity index (χ0v) is 11.6. The number of carbonyl (C=O) groups is 1. The van der Waals surface area contributed by atoms with Crippen LogP contribution in [0.2, 0.25) is 0 Å². The Morgan fingerprint density at radius 3 is 2.53 bits per heavy atom. The molecule has 0 aromatic heterocycles. The molecule has 0 heterocycles. The molecule has 2 fully saturated rings. The van der Waals surface area contributed by atoms with Crippen LogP contribution in [0.1, 0.15) is 57.8 Å². The van der Waals surface area contributed by atoms with Crippen LogP contribution in [-0.4, -0.2) is 25.2 Å². The summed E-state index contributed by atoms with van der Waals surface area (Å²) in [6.45, 7) is 1.09. The molecule has 0 aliphatic heterocycles. The monoisotopic (exact) mass is 264 g/mol. The van der Waals surface area contributed by atoms with E-state index in [0.717, 1.165) is 32.1 Å². The Morgan fingerprint density at radius 1 is 1.21 bits per heavy atom. The topological polar surface area (TPSA) is 62.1 Å². The fourth-order valence-corrected chi connectivity index (χ4v) is 3.16. The molecule has 0 aromatic rings. The Labute approximate surface area is 115 Å². The Balaban J connectivity index is 1.69. The van der Waals surface area contributed by atoms with Crippen molar-refractivity contribution in [1.82, 2.24) is 5.32 Å². The molecular weight excluding hydrogens is 240 g/mol. The molecule has 0 spiro atoms. The number of rotatable bonds is 5. The molecule has 4 nitrogen and oxygen atoms in total. The van der Waals surface area contributed by atoms with Crippen molar-refractivity contribution in [3.8, 4) is 6.07 Å². The van der Waals surface area contributed by atoms with Gasteiger partial charge in [-0.25, -0.2) is 0 Å². The number of hydrogen-bond acceptors (Lipinski definition) is 3. The lowest BCUT2D eigenvalue weighted by atomic mass is 9.74. The number of nitriles is 1. The highest BCUT2D eigenvalue weighted by Crippen LogP contribution is 2.35. The summed E-state index contributed by atoms with van der Waals surface area (Å²) in [4.78, 5) is 12.2. The first-order chi connectivity index (χ1) is 9.27. The second-order valence-electron chi connectivity index (χ2n) is 5.79. The third kappa shape index (κ3) is 3.70. The maximum Gasteiger partial charge on any atom is 0.240 e. The molecule has 0 bridgehead atoms. The molecule has 0 unspecified atom stereocenters. The molecule has 2 rings (SSSR count). The Bertz CT molecular complexity index is 337. The summed E-state index contributed by atoms with van der Waals surface area (Å²) in [6.07, 6.45) is 9.73. The minimum atomic E-state index is -0.772. The van der Waals surface area contributed by atoms with Crippen LogP contribution in [0.25, 0.3) is 0 Å². The number of carbonyl (C=O) groups excluding carboxylic acids is 1. The molecule has 1 amide bonds. The van der Waals surface area contributed by atoms with Gasteiger partial charge in [-0.15, -0.1) is 0 Å². The summed E-state index contributed by atoms with van der Waals surface area (Å²) in [6, 6.07) is 2.25. The van der Waals surface area contributed by atoms with Gasteiger partial charge in [-0.3, -0.25) is 4.79 Å². The van der Waals surface area contributed by atoms with Crippen LogP contribution in [0.15, 0.2) is 0 Å². The van der Waals surface area contributed by atoms with E-state index in [9.17, 15) is 10.1 Å². The van der Waals surface area contributed by atoms with E-state index in [0.29, 0.717) is 32.1 Å². The zero-order chi connectivity index (χ0) is 13.6. The number of amides is 1. The quantitative estimate of drug-likeness (QED) is 0.776. The van der Waals surface area contributed by atoms with Crippen LogP contribution >= 0.6 is 0 Å². The van der Waals surface area contributed by atoms with Crippen LogP contribution < -0.4 is 5.32 Å². The van der Waals surface area contributed by atoms with Gasteiger partial charge in [0.05, 0.1) is 18.8 Å². The molecule has 2 saturated carbocycles. The summed E-state index contributed by atoms with van der Waals surface area (Å²) in [5, 5.41) is 12.2. The average Bonchev–Trinajstić information content (AvgIpc) is 2.97. The van der Waals surface area contributed by atoms with Crippen LogP contribution in [-0.2, 0) is 9.53 Å². The maximum absolute atomic E-state index is 12.2. The zero-order valence-electron chi connectivity index (χ0n) is 11.6. The van der Waals surface area contributed by atoms with Crippen LogP contribution in [0, 0.1) is 16.7 Å². The minimum Gasteiger partial charge on any atom is -0.376 e. The normalized spacial score (nSPS) is 22.9. The van der Waals surface area contributed by atoms with E-state index in [1.165, 1.54) is 12.8 Å². The molecule has 2 aliphatic rings. The van der Waals surface area contributed by atoms with Crippen molar-refractivity contribution in [2.45, 2.75) is 63.9 Å². The first-order valence-corrected chi connectivity index (χ1v) is 7.58. The van der Waals surface area contributed by atoms with Gasteiger partial charge in [0.15, 0.2) is 0 Å². The fraction of sp³-hybridized carbons (Fsp3) is 0.867. The van der Waals surface area contributed by atoms with E-state index >= 15 is 0 Å². The van der Waals surface area contributed by atoms with E-state index < -0.39 is 5.41 Å². The van der Waals surface area contributed by atoms with Gasteiger partial charge in [0.25, 0.3) is 0 Å². The van der Waals surface area contributed by atoms with Crippen LogP contribution in [0.5, 0.6) is 0 Å². The van der Waals surface area contributed by atoms with Crippen molar-refractivity contribution in [3.05, 3.63) is 0 Å². The predicted octanol–water partition coefficient (Wildman–Crippen LogP) is 2.54. The van der Waals surface area contributed by atoms with Crippen LogP contribution in [0.3, 0.4) is 0 Å². The van der Waals surface area contributed by atoms with E-state index in [-0.39, 0.29) is 5.91 Å². The van der Waals surface area contributed by atoms with Gasteiger partial charge >= 0.3 is 0 Å². The summed E-state index contributed by atoms with van der Waals surface area (Å²) in [5.74, 6) is -0.0929. The maximum atomic E-state index is 12.2. The average molecular weight is 264 g/mol. The van der Waals surface area contributed by atoms with Crippen molar-refractivity contribution in [2.75, 3.05) is 13.2 Å². The van der Waals surface area contributed by atoms with Gasteiger partial charge in [0.1, 0.15) is 5.41 Å². The van der Waals surface area contributed by atoms with Gasteiger partial charge in [0, 0.05) is 6.54 Å². The number of nitrogens with one attached hydrogen (secondary N) is 1. The second kappa shape index (κ2) is 6.91. The molecular formula is C15H24N2O2. The van der Waals surface area contributed by atoms with Crippen molar-refractivity contribution in [3.63, 3.8) is 0 Å². The fourth-order valence-electron chi connectivity index (χ4n) is 3.16. The van der Waals surface area contributed by atoms with Crippen molar-refractivity contribution >= 4 is 5.91 Å². The third-order valence-electron chi connectivity index (χ3n) is 4.40. The minimum absolute atomic E-state index is 0.0929. The molecule has 0 atom stereocenters. The SMILES string of the molecule is N#CC1(C(=O)NCCOC2CCCC2)CCCCC1. The highest BCUT2D eigenvalue weighted by atomic mass is 16.5. The van der Waals surface area contributed by atoms with Gasteiger partial charge in [0.2, 0.25) is 5.91 Å². The highest BCUT2D eigenvalue weighted by molar-refractivity contribution is 5.85. The smallest absolute Gasteiger partial charge is 0.240 e. The van der Waals surface area contributed by atoms with E-state index in [2.05, 4.69) is 11.4 Å². The van der Waals surface area contributed by atoms with Crippen molar-refractivity contribution in [1.29, 1.82) is 5.26 Å². The first kappa shape index (κ1) is 14.3. The summed E-state index contributed by atoms with van der Waals surface area (Å²) in [5.41, 5.74) is -0.772. The molecule has 2 aliphatic carbocycles. The lowest BCUT2D eigenvalue weighted by molar-refractivity contribution is -0.129. The van der Waals surface area contributed by atoms with Crippen LogP contribution in [0.4, 0.5) is 0 Å². The summed E-state index contributed by atoms with van der Waals surface area (Å²) in [7, 11) is 0. The number of hydrogen-bond donors (Lipinski definition) is 1. The van der Waals surface area contributed by atoms with Gasteiger partial charge in [-0.05, 0) is 25.7 Å². The predicted molar refractivity (Wildman–Crippen MR) is 72.3 cm³/mol. The van der Waals surface area contributed by atoms with Gasteiger partial charge < -0.3 is 10.1 Å². The lowest BCUT2D eigenvalue weighted by Crippen LogP contribution is -2.42. The molecule has 19 heavy (non-hydrogen) atoms. The molecule has 0 aromatic carbocycles. The largest absolute Gasteiger partial charge is 0.376 e. The first-order valence-electron chi connectivity index (χ1n) is 7.58. The second-order valence-corrected chi connectivity index (χ2v) is 5.79. The lowest BCUT2D eigenvalue weighted by Gasteiger charge is -2.29. The number of nitrogens with zero attached hydrogens (tertiary/aromatic N) is 1. The van der Waals surface area contributed by atoms with Gasteiger partial charge in [-0.2, -0.15) is 5.26 Å². The van der Waals surface area contributed by atoms with E-state index in [4.69, 9.17) is 4.74 Å². The van der Waals surface area contributed by atoms with E-state index in [1.54, 1.807) is 0 Å². The Kier molecular flexibility index (Phi) is 5.21. The third-order valence-corrected chi connectivity index (χ3v) is 4.40. The molecule has 1 N–H and O–H groups in total. The summed E-state index contributed by atoms with van der Waals surface area (Å²) < 4.78 is 5.71. The Morgan fingerprint density at radius 2 is 1.89 bits per heavy atom. The highest BCUT2D eigenvalue weighted by Gasteiger charge is 2.39. The summed E-state index contributed by atoms with van der Waals surface area (Å²) >= 11 is 0. The Hall–Kier alpha value is -1.08. The molecule has 4 heteroatoms. The molecule has 0 radical (unpaired) electrons.